The Morgan fingerprint density at radius 2 is 2.40 bits per heavy atom. The number of rotatable bonds is 1. The second-order valence-electron chi connectivity index (χ2n) is 3.61. The van der Waals surface area contributed by atoms with Crippen LogP contribution in [0.2, 0.25) is 0 Å². The fraction of sp³-hybridized carbons (Fsp3) is 0.364. The van der Waals surface area contributed by atoms with E-state index < -0.39 is 0 Å². The van der Waals surface area contributed by atoms with E-state index >= 15 is 0 Å². The first-order chi connectivity index (χ1) is 7.38. The summed E-state index contributed by atoms with van der Waals surface area (Å²) in [7, 11) is 1.70. The number of hydrogen-bond acceptors (Lipinski definition) is 4. The Kier molecular flexibility index (Phi) is 2.09. The highest BCUT2D eigenvalue weighted by atomic mass is 32.2. The van der Waals surface area contributed by atoms with Crippen molar-refractivity contribution in [2.24, 2.45) is 4.99 Å². The first-order valence-corrected chi connectivity index (χ1v) is 5.88. The molecule has 2 aliphatic heterocycles. The van der Waals surface area contributed by atoms with Gasteiger partial charge in [0, 0.05) is 18.0 Å². The van der Waals surface area contributed by atoms with Gasteiger partial charge in [0.05, 0.1) is 12.8 Å². The third-order valence-corrected chi connectivity index (χ3v) is 3.76. The number of aliphatic imine (C=N–C) groups is 1. The van der Waals surface area contributed by atoms with Crippen LogP contribution in [0.5, 0.6) is 5.75 Å². The Morgan fingerprint density at radius 1 is 1.47 bits per heavy atom. The lowest BCUT2D eigenvalue weighted by molar-refractivity contribution is 0.414. The highest BCUT2D eigenvalue weighted by Crippen LogP contribution is 2.43. The topological polar surface area (TPSA) is 24.8 Å². The summed E-state index contributed by atoms with van der Waals surface area (Å²) in [5.41, 5.74) is 1.28. The summed E-state index contributed by atoms with van der Waals surface area (Å²) in [5, 5.41) is 1.14. The Bertz CT molecular complexity index is 431. The summed E-state index contributed by atoms with van der Waals surface area (Å²) >= 11 is 1.75. The zero-order valence-electron chi connectivity index (χ0n) is 8.56. The highest BCUT2D eigenvalue weighted by molar-refractivity contribution is 8.14. The lowest BCUT2D eigenvalue weighted by Gasteiger charge is -2.22. The summed E-state index contributed by atoms with van der Waals surface area (Å²) in [6.07, 6.45) is 1.15. The molecule has 1 aromatic carbocycles. The maximum absolute atomic E-state index is 5.22. The monoisotopic (exact) mass is 220 g/mol. The largest absolute Gasteiger partial charge is 0.497 e. The first-order valence-electron chi connectivity index (χ1n) is 5.06. The third-order valence-electron chi connectivity index (χ3n) is 2.68. The van der Waals surface area contributed by atoms with E-state index in [2.05, 4.69) is 22.0 Å². The van der Waals surface area contributed by atoms with Crippen LogP contribution in [0.25, 0.3) is 0 Å². The van der Waals surface area contributed by atoms with Crippen molar-refractivity contribution in [2.75, 3.05) is 25.1 Å². The molecule has 3 nitrogen and oxygen atoms in total. The normalized spacial score (nSPS) is 18.2. The van der Waals surface area contributed by atoms with E-state index in [1.165, 1.54) is 10.6 Å². The van der Waals surface area contributed by atoms with Gasteiger partial charge in [-0.25, -0.2) is 0 Å². The number of ether oxygens (including phenoxy) is 1. The molecule has 0 saturated carbocycles. The molecule has 15 heavy (non-hydrogen) atoms. The molecular weight excluding hydrogens is 208 g/mol. The van der Waals surface area contributed by atoms with Gasteiger partial charge in [0.2, 0.25) is 0 Å². The average molecular weight is 220 g/mol. The molecule has 0 aliphatic carbocycles. The molecule has 0 N–H and O–H groups in total. The van der Waals surface area contributed by atoms with Crippen LogP contribution in [0.3, 0.4) is 0 Å². The molecule has 0 spiro atoms. The summed E-state index contributed by atoms with van der Waals surface area (Å²) in [5.74, 6) is 0.918. The molecule has 0 fully saturated rings. The Balaban J connectivity index is 2.04. The standard InChI is InChI=1S/C11H12N2OS/c1-14-8-3-4-9-10(7-8)15-11-12-5-2-6-13(9)11/h3-4,7H,2,5-6H2,1H3. The van der Waals surface area contributed by atoms with Crippen LogP contribution in [0.15, 0.2) is 28.1 Å². The smallest absolute Gasteiger partial charge is 0.168 e. The van der Waals surface area contributed by atoms with Gasteiger partial charge < -0.3 is 9.64 Å². The van der Waals surface area contributed by atoms with Gasteiger partial charge in [0.1, 0.15) is 5.75 Å². The zero-order chi connectivity index (χ0) is 10.3. The minimum Gasteiger partial charge on any atom is -0.497 e. The fourth-order valence-corrected chi connectivity index (χ4v) is 3.03. The lowest BCUT2D eigenvalue weighted by atomic mass is 10.2. The Hall–Kier alpha value is -1.16. The third kappa shape index (κ3) is 1.40. The zero-order valence-corrected chi connectivity index (χ0v) is 9.38. The maximum atomic E-state index is 5.22. The van der Waals surface area contributed by atoms with Crippen molar-refractivity contribution in [3.8, 4) is 5.75 Å². The minimum atomic E-state index is 0.918. The van der Waals surface area contributed by atoms with E-state index in [4.69, 9.17) is 4.74 Å². The molecule has 0 atom stereocenters. The van der Waals surface area contributed by atoms with Crippen LogP contribution in [0, 0.1) is 0 Å². The summed E-state index contributed by atoms with van der Waals surface area (Å²) in [4.78, 5) is 8.08. The van der Waals surface area contributed by atoms with Gasteiger partial charge >= 0.3 is 0 Å². The molecule has 0 unspecified atom stereocenters. The van der Waals surface area contributed by atoms with Crippen LogP contribution in [-0.2, 0) is 0 Å². The molecule has 2 aliphatic rings. The second kappa shape index (κ2) is 3.45. The van der Waals surface area contributed by atoms with E-state index in [0.717, 1.165) is 30.4 Å². The van der Waals surface area contributed by atoms with E-state index in [0.29, 0.717) is 0 Å². The number of amidine groups is 1. The number of nitrogens with zero attached hydrogens (tertiary/aromatic N) is 2. The predicted molar refractivity (Wildman–Crippen MR) is 63.1 cm³/mol. The van der Waals surface area contributed by atoms with Gasteiger partial charge in [-0.15, -0.1) is 0 Å². The SMILES string of the molecule is COc1ccc2c(c1)SC1=NCCCN12. The number of thioether (sulfide) groups is 1. The molecule has 0 saturated heterocycles. The number of fused-ring (bicyclic) bond motifs is 3. The molecule has 3 rings (SSSR count). The predicted octanol–water partition coefficient (Wildman–Crippen LogP) is 2.37. The molecule has 1 aromatic rings. The van der Waals surface area contributed by atoms with Crippen molar-refractivity contribution in [2.45, 2.75) is 11.3 Å². The van der Waals surface area contributed by atoms with Crippen LogP contribution >= 0.6 is 11.8 Å². The van der Waals surface area contributed by atoms with E-state index in [9.17, 15) is 0 Å². The number of hydrogen-bond donors (Lipinski definition) is 0. The van der Waals surface area contributed by atoms with Crippen LogP contribution in [0.4, 0.5) is 5.69 Å². The van der Waals surface area contributed by atoms with Crippen molar-refractivity contribution >= 4 is 22.6 Å². The van der Waals surface area contributed by atoms with E-state index in [1.54, 1.807) is 18.9 Å². The van der Waals surface area contributed by atoms with Crippen molar-refractivity contribution in [3.05, 3.63) is 18.2 Å². The van der Waals surface area contributed by atoms with Gasteiger partial charge in [-0.2, -0.15) is 0 Å². The molecule has 2 heterocycles. The number of benzene rings is 1. The molecule has 4 heteroatoms. The molecule has 78 valence electrons. The number of methoxy groups -OCH3 is 1. The quantitative estimate of drug-likeness (QED) is 0.726. The van der Waals surface area contributed by atoms with Gasteiger partial charge in [0.15, 0.2) is 5.17 Å². The van der Waals surface area contributed by atoms with Crippen molar-refractivity contribution < 1.29 is 4.74 Å². The first kappa shape index (κ1) is 9.09. The van der Waals surface area contributed by atoms with E-state index in [-0.39, 0.29) is 0 Å². The van der Waals surface area contributed by atoms with E-state index in [1.807, 2.05) is 6.07 Å². The fourth-order valence-electron chi connectivity index (χ4n) is 1.92. The van der Waals surface area contributed by atoms with Crippen molar-refractivity contribution in [3.63, 3.8) is 0 Å². The van der Waals surface area contributed by atoms with Crippen molar-refractivity contribution in [1.82, 2.24) is 0 Å². The Morgan fingerprint density at radius 3 is 3.27 bits per heavy atom. The minimum absolute atomic E-state index is 0.918. The van der Waals surface area contributed by atoms with Crippen molar-refractivity contribution in [1.29, 1.82) is 0 Å². The molecule has 0 amide bonds. The lowest BCUT2D eigenvalue weighted by Crippen LogP contribution is -2.30. The molecule has 0 bridgehead atoms. The summed E-state index contributed by atoms with van der Waals surface area (Å²) in [6.45, 7) is 2.05. The summed E-state index contributed by atoms with van der Waals surface area (Å²) in [6, 6.07) is 6.22. The highest BCUT2D eigenvalue weighted by Gasteiger charge is 2.28. The molecule has 0 radical (unpaired) electrons. The van der Waals surface area contributed by atoms with Crippen LogP contribution in [0.1, 0.15) is 6.42 Å². The summed E-state index contributed by atoms with van der Waals surface area (Å²) < 4.78 is 5.22. The Labute approximate surface area is 93.1 Å². The molecule has 0 aromatic heterocycles. The van der Waals surface area contributed by atoms with Crippen LogP contribution in [-0.4, -0.2) is 25.4 Å². The average Bonchev–Trinajstić information content (AvgIpc) is 2.66. The van der Waals surface area contributed by atoms with Gasteiger partial charge in [-0.3, -0.25) is 4.99 Å². The maximum Gasteiger partial charge on any atom is 0.168 e. The van der Waals surface area contributed by atoms with Gasteiger partial charge in [-0.1, -0.05) is 0 Å². The van der Waals surface area contributed by atoms with Gasteiger partial charge in [-0.05, 0) is 36.4 Å². The second-order valence-corrected chi connectivity index (χ2v) is 4.61. The van der Waals surface area contributed by atoms with Crippen LogP contribution < -0.4 is 9.64 Å². The van der Waals surface area contributed by atoms with Gasteiger partial charge in [0.25, 0.3) is 0 Å². The molecular formula is C11H12N2OS. The number of anilines is 1.